The molecule has 0 radical (unpaired) electrons. The van der Waals surface area contributed by atoms with Crippen molar-refractivity contribution in [3.05, 3.63) is 47.1 Å². The smallest absolute Gasteiger partial charge is 0.306 e. The molecule has 0 N–H and O–H groups in total. The number of ether oxygens (including phenoxy) is 1. The second kappa shape index (κ2) is 12.1. The molecule has 4 aliphatic rings. The molecule has 35 heavy (non-hydrogen) atoms. The minimum atomic E-state index is 0.0206. The Kier molecular flexibility index (Phi) is 9.69. The quantitative estimate of drug-likeness (QED) is 0.149. The molecule has 0 aromatic carbocycles. The summed E-state index contributed by atoms with van der Waals surface area (Å²) in [5.41, 5.74) is 5.34. The summed E-state index contributed by atoms with van der Waals surface area (Å²) in [6, 6.07) is 0. The molecule has 4 rings (SSSR count). The number of esters is 1. The monoisotopic (exact) mass is 480 g/mol. The van der Waals surface area contributed by atoms with E-state index in [4.69, 9.17) is 4.74 Å². The molecule has 0 aromatic rings. The van der Waals surface area contributed by atoms with Crippen LogP contribution in [0.15, 0.2) is 47.1 Å². The fourth-order valence-electron chi connectivity index (χ4n) is 8.28. The van der Waals surface area contributed by atoms with Crippen molar-refractivity contribution < 1.29 is 9.53 Å². The maximum atomic E-state index is 12.7. The molecule has 0 spiro atoms. The second-order valence-corrected chi connectivity index (χ2v) is 13.5. The first-order valence-electron chi connectivity index (χ1n) is 14.3. The van der Waals surface area contributed by atoms with Gasteiger partial charge in [0.2, 0.25) is 0 Å². The molecule has 4 saturated carbocycles. The molecule has 0 aliphatic heterocycles. The highest BCUT2D eigenvalue weighted by atomic mass is 16.5. The van der Waals surface area contributed by atoms with Crippen molar-refractivity contribution >= 4 is 5.97 Å². The molecule has 4 fully saturated rings. The Labute approximate surface area is 216 Å². The van der Waals surface area contributed by atoms with E-state index in [0.29, 0.717) is 23.9 Å². The van der Waals surface area contributed by atoms with E-state index in [1.165, 1.54) is 61.7 Å². The van der Waals surface area contributed by atoms with E-state index in [1.54, 1.807) is 0 Å². The molecule has 0 amide bonds. The minimum absolute atomic E-state index is 0.0206. The van der Waals surface area contributed by atoms with Gasteiger partial charge in [0.05, 0.1) is 6.42 Å². The third kappa shape index (κ3) is 8.80. The van der Waals surface area contributed by atoms with Crippen LogP contribution in [0.1, 0.15) is 125 Å². The Bertz CT molecular complexity index is 832. The molecule has 4 aliphatic carbocycles. The lowest BCUT2D eigenvalue weighted by Gasteiger charge is -2.65. The van der Waals surface area contributed by atoms with Gasteiger partial charge in [-0.1, -0.05) is 54.9 Å². The molecule has 4 bridgehead atoms. The van der Waals surface area contributed by atoms with Gasteiger partial charge in [-0.2, -0.15) is 0 Å². The largest absolute Gasteiger partial charge is 0.461 e. The van der Waals surface area contributed by atoms with Gasteiger partial charge in [0.1, 0.15) is 6.61 Å². The molecule has 0 heterocycles. The fraction of sp³-hybridized carbons (Fsp3) is 0.727. The van der Waals surface area contributed by atoms with Gasteiger partial charge in [-0.3, -0.25) is 4.79 Å². The van der Waals surface area contributed by atoms with Crippen LogP contribution < -0.4 is 0 Å². The first-order valence-corrected chi connectivity index (χ1v) is 14.3. The van der Waals surface area contributed by atoms with E-state index in [9.17, 15) is 4.79 Å². The number of rotatable bonds is 13. The van der Waals surface area contributed by atoms with Gasteiger partial charge >= 0.3 is 5.97 Å². The van der Waals surface area contributed by atoms with Crippen molar-refractivity contribution in [2.24, 2.45) is 22.2 Å². The SMILES string of the molecule is CC(C)=CCC/C(C)=C/CC/C=C/CC/C(C)=C/COC(=O)CC12CC3CC(C)(CC(C)(C3)C1)C2. The minimum Gasteiger partial charge on any atom is -0.461 e. The molecular formula is C33H52O2. The van der Waals surface area contributed by atoms with Crippen LogP contribution >= 0.6 is 0 Å². The summed E-state index contributed by atoms with van der Waals surface area (Å²) in [6.07, 6.45) is 26.5. The lowest BCUT2D eigenvalue weighted by molar-refractivity contribution is -0.167. The van der Waals surface area contributed by atoms with Crippen molar-refractivity contribution in [2.75, 3.05) is 6.61 Å². The topological polar surface area (TPSA) is 26.3 Å². The summed E-state index contributed by atoms with van der Waals surface area (Å²) < 4.78 is 5.70. The lowest BCUT2D eigenvalue weighted by Crippen LogP contribution is -2.55. The van der Waals surface area contributed by atoms with Gasteiger partial charge in [0, 0.05) is 0 Å². The van der Waals surface area contributed by atoms with Crippen LogP contribution in [0.3, 0.4) is 0 Å². The third-order valence-corrected chi connectivity index (χ3v) is 8.73. The van der Waals surface area contributed by atoms with Gasteiger partial charge in [-0.15, -0.1) is 0 Å². The van der Waals surface area contributed by atoms with Crippen molar-refractivity contribution in [1.82, 2.24) is 0 Å². The Morgan fingerprint density at radius 3 is 2.06 bits per heavy atom. The lowest BCUT2D eigenvalue weighted by atomic mass is 9.40. The number of carbonyl (C=O) groups excluding carboxylic acids is 1. The molecule has 2 nitrogen and oxygen atoms in total. The normalized spacial score (nSPS) is 32.3. The Morgan fingerprint density at radius 1 is 0.771 bits per heavy atom. The predicted octanol–water partition coefficient (Wildman–Crippen LogP) is 9.67. The van der Waals surface area contributed by atoms with Crippen molar-refractivity contribution in [2.45, 2.75) is 125 Å². The summed E-state index contributed by atoms with van der Waals surface area (Å²) >= 11 is 0. The Morgan fingerprint density at radius 2 is 1.40 bits per heavy atom. The number of allylic oxidation sites excluding steroid dienone is 7. The summed E-state index contributed by atoms with van der Waals surface area (Å²) in [5, 5.41) is 0. The van der Waals surface area contributed by atoms with E-state index in [2.05, 4.69) is 71.9 Å². The number of hydrogen-bond acceptors (Lipinski definition) is 2. The zero-order chi connectivity index (χ0) is 25.5. The van der Waals surface area contributed by atoms with Gasteiger partial charge in [-0.25, -0.2) is 0 Å². The van der Waals surface area contributed by atoms with E-state index in [0.717, 1.165) is 38.0 Å². The molecule has 2 atom stereocenters. The van der Waals surface area contributed by atoms with Gasteiger partial charge < -0.3 is 4.74 Å². The highest BCUT2D eigenvalue weighted by molar-refractivity contribution is 5.70. The number of unbranched alkanes of at least 4 members (excludes halogenated alkanes) is 1. The van der Waals surface area contributed by atoms with E-state index in [-0.39, 0.29) is 11.4 Å². The Hall–Kier alpha value is -1.57. The highest BCUT2D eigenvalue weighted by Crippen LogP contribution is 2.70. The Balaban J connectivity index is 1.30. The summed E-state index contributed by atoms with van der Waals surface area (Å²) in [5.74, 6) is 0.851. The molecule has 2 heteroatoms. The predicted molar refractivity (Wildman–Crippen MR) is 149 cm³/mol. The van der Waals surface area contributed by atoms with Gasteiger partial charge in [-0.05, 0) is 133 Å². The zero-order valence-electron chi connectivity index (χ0n) is 23.7. The van der Waals surface area contributed by atoms with Crippen LogP contribution in [0.25, 0.3) is 0 Å². The molecule has 196 valence electrons. The van der Waals surface area contributed by atoms with Crippen molar-refractivity contribution in [1.29, 1.82) is 0 Å². The second-order valence-electron chi connectivity index (χ2n) is 13.5. The standard InChI is InChI=1S/C33H52O2/c1-26(2)13-12-16-27(3)14-10-8-7-9-11-15-28(4)17-18-35-30(34)22-33-21-29-19-31(5,24-33)23-32(6,20-29)25-33/h7,9,13-14,17,29H,8,10-12,15-16,18-25H2,1-6H3/b9-7+,27-14+,28-17+. The van der Waals surface area contributed by atoms with E-state index < -0.39 is 0 Å². The molecule has 2 unspecified atom stereocenters. The van der Waals surface area contributed by atoms with E-state index >= 15 is 0 Å². The summed E-state index contributed by atoms with van der Waals surface area (Å²) in [7, 11) is 0. The van der Waals surface area contributed by atoms with Crippen LogP contribution in [-0.2, 0) is 9.53 Å². The maximum absolute atomic E-state index is 12.7. The third-order valence-electron chi connectivity index (χ3n) is 8.73. The van der Waals surface area contributed by atoms with Crippen LogP contribution in [-0.4, -0.2) is 12.6 Å². The van der Waals surface area contributed by atoms with Crippen LogP contribution in [0.5, 0.6) is 0 Å². The molecule has 0 aromatic heterocycles. The molecule has 0 saturated heterocycles. The first-order chi connectivity index (χ1) is 16.5. The van der Waals surface area contributed by atoms with Crippen molar-refractivity contribution in [3.8, 4) is 0 Å². The average Bonchev–Trinajstić information content (AvgIpc) is 2.69. The number of carbonyl (C=O) groups is 1. The van der Waals surface area contributed by atoms with Gasteiger partial charge in [0.15, 0.2) is 0 Å². The fourth-order valence-corrected chi connectivity index (χ4v) is 8.28. The highest BCUT2D eigenvalue weighted by Gasteiger charge is 2.60. The summed E-state index contributed by atoms with van der Waals surface area (Å²) in [6.45, 7) is 14.1. The number of hydrogen-bond donors (Lipinski definition) is 0. The van der Waals surface area contributed by atoms with Crippen LogP contribution in [0, 0.1) is 22.2 Å². The average molecular weight is 481 g/mol. The molecular weight excluding hydrogens is 428 g/mol. The van der Waals surface area contributed by atoms with Crippen LogP contribution in [0.2, 0.25) is 0 Å². The van der Waals surface area contributed by atoms with Crippen LogP contribution in [0.4, 0.5) is 0 Å². The first kappa shape index (κ1) is 28.0. The summed E-state index contributed by atoms with van der Waals surface area (Å²) in [4.78, 5) is 12.7. The maximum Gasteiger partial charge on any atom is 0.306 e. The van der Waals surface area contributed by atoms with E-state index in [1.807, 2.05) is 0 Å². The van der Waals surface area contributed by atoms with Gasteiger partial charge in [0.25, 0.3) is 0 Å². The zero-order valence-corrected chi connectivity index (χ0v) is 23.7. The van der Waals surface area contributed by atoms with Crippen molar-refractivity contribution in [3.63, 3.8) is 0 Å².